The molecule has 0 saturated heterocycles. The van der Waals surface area contributed by atoms with E-state index in [-0.39, 0.29) is 5.91 Å². The SMILES string of the molecule is CN(C)C(=O)c1cc2cnc(Nc3cccnc3)nc2n1C1CCCC1. The van der Waals surface area contributed by atoms with E-state index < -0.39 is 0 Å². The second kappa shape index (κ2) is 6.74. The van der Waals surface area contributed by atoms with E-state index in [0.717, 1.165) is 29.6 Å². The van der Waals surface area contributed by atoms with Gasteiger partial charge in [-0.3, -0.25) is 9.78 Å². The molecule has 1 fully saturated rings. The highest BCUT2D eigenvalue weighted by atomic mass is 16.2. The topological polar surface area (TPSA) is 75.9 Å². The number of anilines is 2. The van der Waals surface area contributed by atoms with Crippen molar-refractivity contribution in [1.29, 1.82) is 0 Å². The Labute approximate surface area is 152 Å². The Kier molecular flexibility index (Phi) is 4.28. The first-order valence-electron chi connectivity index (χ1n) is 8.90. The second-order valence-corrected chi connectivity index (χ2v) is 6.88. The van der Waals surface area contributed by atoms with E-state index in [0.29, 0.717) is 17.7 Å². The Bertz CT molecular complexity index is 928. The predicted octanol–water partition coefficient (Wildman–Crippen LogP) is 3.39. The van der Waals surface area contributed by atoms with Crippen molar-refractivity contribution in [2.75, 3.05) is 19.4 Å². The average Bonchev–Trinajstić information content (AvgIpc) is 3.28. The number of amides is 1. The molecule has 1 N–H and O–H groups in total. The highest BCUT2D eigenvalue weighted by molar-refractivity contribution is 5.97. The number of nitrogens with zero attached hydrogens (tertiary/aromatic N) is 5. The van der Waals surface area contributed by atoms with Crippen LogP contribution in [-0.2, 0) is 0 Å². The molecule has 0 bridgehead atoms. The first-order valence-corrected chi connectivity index (χ1v) is 8.90. The lowest BCUT2D eigenvalue weighted by Gasteiger charge is -2.19. The summed E-state index contributed by atoms with van der Waals surface area (Å²) in [5, 5.41) is 4.07. The van der Waals surface area contributed by atoms with Crippen LogP contribution in [0.15, 0.2) is 36.8 Å². The van der Waals surface area contributed by atoms with Crippen LogP contribution < -0.4 is 5.32 Å². The molecule has 0 atom stereocenters. The number of carbonyl (C=O) groups excluding carboxylic acids is 1. The molecule has 3 heterocycles. The molecule has 3 aromatic rings. The highest BCUT2D eigenvalue weighted by Crippen LogP contribution is 2.34. The summed E-state index contributed by atoms with van der Waals surface area (Å²) in [6, 6.07) is 5.99. The standard InChI is InChI=1S/C19H22N6O/c1-24(2)18(26)16-10-13-11-21-19(22-14-6-5-9-20-12-14)23-17(13)25(16)15-7-3-4-8-15/h5-6,9-12,15H,3-4,7-8H2,1-2H3,(H,21,22,23). The van der Waals surface area contributed by atoms with Crippen molar-refractivity contribution in [2.45, 2.75) is 31.7 Å². The Hall–Kier alpha value is -2.96. The van der Waals surface area contributed by atoms with E-state index in [2.05, 4.69) is 19.9 Å². The minimum atomic E-state index is -0.00308. The number of hydrogen-bond donors (Lipinski definition) is 1. The fourth-order valence-corrected chi connectivity index (χ4v) is 3.56. The van der Waals surface area contributed by atoms with E-state index >= 15 is 0 Å². The number of hydrogen-bond acceptors (Lipinski definition) is 5. The van der Waals surface area contributed by atoms with Gasteiger partial charge in [-0.2, -0.15) is 4.98 Å². The van der Waals surface area contributed by atoms with Gasteiger partial charge in [0, 0.05) is 37.9 Å². The molecule has 3 aromatic heterocycles. The Morgan fingerprint density at radius 3 is 2.77 bits per heavy atom. The van der Waals surface area contributed by atoms with Crippen LogP contribution in [0, 0.1) is 0 Å². The Balaban J connectivity index is 1.80. The Morgan fingerprint density at radius 1 is 1.27 bits per heavy atom. The van der Waals surface area contributed by atoms with Gasteiger partial charge in [0.2, 0.25) is 5.95 Å². The fraction of sp³-hybridized carbons (Fsp3) is 0.368. The summed E-state index contributed by atoms with van der Waals surface area (Å²) in [5.74, 6) is 0.503. The minimum Gasteiger partial charge on any atom is -0.343 e. The number of rotatable bonds is 4. The maximum atomic E-state index is 12.7. The van der Waals surface area contributed by atoms with Crippen molar-refractivity contribution in [3.8, 4) is 0 Å². The van der Waals surface area contributed by atoms with Crippen LogP contribution in [0.1, 0.15) is 42.2 Å². The van der Waals surface area contributed by atoms with Crippen molar-refractivity contribution >= 4 is 28.6 Å². The summed E-state index contributed by atoms with van der Waals surface area (Å²) in [6.07, 6.45) is 9.75. The van der Waals surface area contributed by atoms with Crippen molar-refractivity contribution < 1.29 is 4.79 Å². The van der Waals surface area contributed by atoms with Gasteiger partial charge < -0.3 is 14.8 Å². The molecule has 7 heteroatoms. The molecule has 0 spiro atoms. The van der Waals surface area contributed by atoms with Gasteiger partial charge in [0.15, 0.2) is 0 Å². The average molecular weight is 350 g/mol. The lowest BCUT2D eigenvalue weighted by Crippen LogP contribution is -2.25. The largest absolute Gasteiger partial charge is 0.343 e. The van der Waals surface area contributed by atoms with Gasteiger partial charge in [0.25, 0.3) is 5.91 Å². The van der Waals surface area contributed by atoms with Crippen LogP contribution in [-0.4, -0.2) is 44.4 Å². The summed E-state index contributed by atoms with van der Waals surface area (Å²) in [4.78, 5) is 27.5. The van der Waals surface area contributed by atoms with Crippen LogP contribution in [0.3, 0.4) is 0 Å². The van der Waals surface area contributed by atoms with E-state index in [4.69, 9.17) is 4.98 Å². The number of carbonyl (C=O) groups is 1. The van der Waals surface area contributed by atoms with Crippen LogP contribution in [0.2, 0.25) is 0 Å². The first-order chi connectivity index (χ1) is 12.6. The smallest absolute Gasteiger partial charge is 0.270 e. The summed E-state index contributed by atoms with van der Waals surface area (Å²) < 4.78 is 2.11. The van der Waals surface area contributed by atoms with Gasteiger partial charge in [-0.05, 0) is 31.0 Å². The molecule has 134 valence electrons. The molecule has 1 saturated carbocycles. The van der Waals surface area contributed by atoms with Gasteiger partial charge in [0.05, 0.1) is 11.9 Å². The van der Waals surface area contributed by atoms with Crippen molar-refractivity contribution in [2.24, 2.45) is 0 Å². The molecule has 0 aromatic carbocycles. The van der Waals surface area contributed by atoms with Crippen LogP contribution in [0.25, 0.3) is 11.0 Å². The monoisotopic (exact) mass is 350 g/mol. The van der Waals surface area contributed by atoms with Crippen molar-refractivity contribution in [3.63, 3.8) is 0 Å². The van der Waals surface area contributed by atoms with Gasteiger partial charge in [-0.25, -0.2) is 4.98 Å². The maximum Gasteiger partial charge on any atom is 0.270 e. The maximum absolute atomic E-state index is 12.7. The highest BCUT2D eigenvalue weighted by Gasteiger charge is 2.26. The van der Waals surface area contributed by atoms with E-state index in [1.807, 2.05) is 18.2 Å². The minimum absolute atomic E-state index is 0.00308. The molecule has 0 radical (unpaired) electrons. The number of nitrogens with one attached hydrogen (secondary N) is 1. The van der Waals surface area contributed by atoms with E-state index in [9.17, 15) is 4.79 Å². The first kappa shape index (κ1) is 16.5. The van der Waals surface area contributed by atoms with Gasteiger partial charge in [0.1, 0.15) is 11.3 Å². The van der Waals surface area contributed by atoms with Gasteiger partial charge >= 0.3 is 0 Å². The summed E-state index contributed by atoms with van der Waals surface area (Å²) in [6.45, 7) is 0. The third-order valence-corrected chi connectivity index (χ3v) is 4.81. The zero-order chi connectivity index (χ0) is 18.1. The molecule has 1 amide bonds. The molecule has 26 heavy (non-hydrogen) atoms. The number of aromatic nitrogens is 4. The molecular weight excluding hydrogens is 328 g/mol. The second-order valence-electron chi connectivity index (χ2n) is 6.88. The molecule has 0 aliphatic heterocycles. The van der Waals surface area contributed by atoms with E-state index in [1.54, 1.807) is 37.6 Å². The number of fused-ring (bicyclic) bond motifs is 1. The normalized spacial score (nSPS) is 14.7. The Morgan fingerprint density at radius 2 is 2.08 bits per heavy atom. The summed E-state index contributed by atoms with van der Waals surface area (Å²) >= 11 is 0. The molecule has 7 nitrogen and oxygen atoms in total. The van der Waals surface area contributed by atoms with E-state index in [1.165, 1.54) is 12.8 Å². The quantitative estimate of drug-likeness (QED) is 0.780. The zero-order valence-electron chi connectivity index (χ0n) is 15.0. The third-order valence-electron chi connectivity index (χ3n) is 4.81. The predicted molar refractivity (Wildman–Crippen MR) is 101 cm³/mol. The summed E-state index contributed by atoms with van der Waals surface area (Å²) in [5.41, 5.74) is 2.32. The lowest BCUT2D eigenvalue weighted by atomic mass is 10.2. The lowest BCUT2D eigenvalue weighted by molar-refractivity contribution is 0.0815. The fourth-order valence-electron chi connectivity index (χ4n) is 3.56. The van der Waals surface area contributed by atoms with Crippen LogP contribution in [0.5, 0.6) is 0 Å². The number of pyridine rings is 1. The van der Waals surface area contributed by atoms with Gasteiger partial charge in [-0.15, -0.1) is 0 Å². The van der Waals surface area contributed by atoms with Crippen molar-refractivity contribution in [1.82, 2.24) is 24.4 Å². The molecule has 0 unspecified atom stereocenters. The molecule has 1 aliphatic rings. The summed E-state index contributed by atoms with van der Waals surface area (Å²) in [7, 11) is 3.56. The molecular formula is C19H22N6O. The molecule has 1 aliphatic carbocycles. The van der Waals surface area contributed by atoms with Crippen LogP contribution in [0.4, 0.5) is 11.6 Å². The van der Waals surface area contributed by atoms with Gasteiger partial charge in [-0.1, -0.05) is 12.8 Å². The van der Waals surface area contributed by atoms with Crippen LogP contribution >= 0.6 is 0 Å². The molecule has 4 rings (SSSR count). The zero-order valence-corrected chi connectivity index (χ0v) is 15.0. The third kappa shape index (κ3) is 3.00. The van der Waals surface area contributed by atoms with Crippen molar-refractivity contribution in [3.05, 3.63) is 42.5 Å².